The van der Waals surface area contributed by atoms with E-state index in [-0.39, 0.29) is 24.2 Å². The summed E-state index contributed by atoms with van der Waals surface area (Å²) >= 11 is 0. The van der Waals surface area contributed by atoms with Crippen molar-refractivity contribution in [2.45, 2.75) is 38.1 Å². The third-order valence-electron chi connectivity index (χ3n) is 3.96. The van der Waals surface area contributed by atoms with Gasteiger partial charge in [0.2, 0.25) is 5.91 Å². The Morgan fingerprint density at radius 2 is 1.83 bits per heavy atom. The first-order valence-corrected chi connectivity index (χ1v) is 8.11. The molecule has 1 aliphatic rings. The third-order valence-corrected chi connectivity index (χ3v) is 3.96. The van der Waals surface area contributed by atoms with Crippen molar-refractivity contribution in [1.82, 2.24) is 10.6 Å². The molecule has 24 heavy (non-hydrogen) atoms. The predicted octanol–water partition coefficient (Wildman–Crippen LogP) is 2.04. The van der Waals surface area contributed by atoms with Crippen LogP contribution in [0.2, 0.25) is 0 Å². The number of benzene rings is 1. The monoisotopic (exact) mass is 333 g/mol. The maximum absolute atomic E-state index is 12.0. The normalized spacial score (nSPS) is 14.5. The zero-order chi connectivity index (χ0) is 17.4. The van der Waals surface area contributed by atoms with E-state index in [1.165, 1.54) is 13.5 Å². The van der Waals surface area contributed by atoms with Crippen LogP contribution in [0.1, 0.15) is 42.5 Å². The molecule has 1 aromatic rings. The smallest absolute Gasteiger partial charge is 0.339 e. The van der Waals surface area contributed by atoms with Gasteiger partial charge in [-0.15, -0.1) is 0 Å². The van der Waals surface area contributed by atoms with Crippen LogP contribution in [0, 0.1) is 0 Å². The number of anilines is 1. The first-order chi connectivity index (χ1) is 11.6. The summed E-state index contributed by atoms with van der Waals surface area (Å²) in [5.74, 6) is -0.945. The van der Waals surface area contributed by atoms with Crippen LogP contribution in [-0.4, -0.2) is 37.6 Å². The largest absolute Gasteiger partial charge is 0.465 e. The van der Waals surface area contributed by atoms with E-state index in [4.69, 9.17) is 0 Å². The molecule has 0 atom stereocenters. The number of esters is 1. The van der Waals surface area contributed by atoms with E-state index < -0.39 is 11.9 Å². The maximum atomic E-state index is 12.0. The lowest BCUT2D eigenvalue weighted by Gasteiger charge is -2.22. The van der Waals surface area contributed by atoms with Gasteiger partial charge in [0.15, 0.2) is 0 Å². The van der Waals surface area contributed by atoms with Gasteiger partial charge in [-0.25, -0.2) is 9.59 Å². The van der Waals surface area contributed by atoms with Gasteiger partial charge in [-0.2, -0.15) is 0 Å². The van der Waals surface area contributed by atoms with Crippen LogP contribution in [0.15, 0.2) is 24.3 Å². The van der Waals surface area contributed by atoms with Crippen LogP contribution in [0.3, 0.4) is 0 Å². The Balaban J connectivity index is 1.81. The molecule has 0 heterocycles. The van der Waals surface area contributed by atoms with Gasteiger partial charge in [-0.3, -0.25) is 4.79 Å². The summed E-state index contributed by atoms with van der Waals surface area (Å²) in [5.41, 5.74) is 0.615. The summed E-state index contributed by atoms with van der Waals surface area (Å²) in [7, 11) is 1.28. The quantitative estimate of drug-likeness (QED) is 0.719. The van der Waals surface area contributed by atoms with Crippen molar-refractivity contribution in [2.75, 3.05) is 19.0 Å². The van der Waals surface area contributed by atoms with E-state index >= 15 is 0 Å². The van der Waals surface area contributed by atoms with Crippen molar-refractivity contribution in [1.29, 1.82) is 0 Å². The van der Waals surface area contributed by atoms with E-state index in [0.29, 0.717) is 5.69 Å². The number of carbonyl (C=O) groups excluding carboxylic acids is 3. The fraction of sp³-hybridized carbons (Fsp3) is 0.471. The van der Waals surface area contributed by atoms with Crippen LogP contribution in [-0.2, 0) is 9.53 Å². The Hall–Kier alpha value is -2.57. The maximum Gasteiger partial charge on any atom is 0.339 e. The molecule has 2 rings (SSSR count). The molecule has 1 fully saturated rings. The second kappa shape index (κ2) is 8.90. The van der Waals surface area contributed by atoms with Crippen molar-refractivity contribution in [3.8, 4) is 0 Å². The average Bonchev–Trinajstić information content (AvgIpc) is 2.60. The van der Waals surface area contributed by atoms with Crippen molar-refractivity contribution in [2.24, 2.45) is 0 Å². The Morgan fingerprint density at radius 3 is 2.54 bits per heavy atom. The number of methoxy groups -OCH3 is 1. The molecule has 0 aromatic heterocycles. The number of para-hydroxylation sites is 1. The van der Waals surface area contributed by atoms with E-state index in [1.54, 1.807) is 24.3 Å². The van der Waals surface area contributed by atoms with Crippen molar-refractivity contribution in [3.63, 3.8) is 0 Å². The Bertz CT molecular complexity index is 597. The van der Waals surface area contributed by atoms with Crippen LogP contribution >= 0.6 is 0 Å². The number of amides is 3. The van der Waals surface area contributed by atoms with Gasteiger partial charge in [0.25, 0.3) is 0 Å². The second-order valence-corrected chi connectivity index (χ2v) is 5.75. The summed E-state index contributed by atoms with van der Waals surface area (Å²) < 4.78 is 4.67. The standard InChI is InChI=1S/C17H23N3O4/c1-24-16(22)13-9-5-6-10-14(13)20-15(21)11-18-17(23)19-12-7-3-2-4-8-12/h5-6,9-10,12H,2-4,7-8,11H2,1H3,(H,20,21)(H2,18,19,23). The Morgan fingerprint density at radius 1 is 1.12 bits per heavy atom. The molecule has 0 radical (unpaired) electrons. The van der Waals surface area contributed by atoms with E-state index in [1.807, 2.05) is 0 Å². The van der Waals surface area contributed by atoms with E-state index in [9.17, 15) is 14.4 Å². The molecule has 3 amide bonds. The molecule has 0 bridgehead atoms. The topological polar surface area (TPSA) is 96.5 Å². The molecule has 0 aliphatic heterocycles. The van der Waals surface area contributed by atoms with Crippen molar-refractivity contribution >= 4 is 23.6 Å². The lowest BCUT2D eigenvalue weighted by atomic mass is 9.96. The molecule has 130 valence electrons. The molecule has 0 spiro atoms. The molecule has 1 aliphatic carbocycles. The lowest BCUT2D eigenvalue weighted by Crippen LogP contribution is -2.45. The summed E-state index contributed by atoms with van der Waals surface area (Å²) in [5, 5.41) is 8.01. The van der Waals surface area contributed by atoms with Crippen molar-refractivity contribution in [3.05, 3.63) is 29.8 Å². The number of hydrogen-bond acceptors (Lipinski definition) is 4. The highest BCUT2D eigenvalue weighted by atomic mass is 16.5. The molecule has 0 saturated heterocycles. The fourth-order valence-corrected chi connectivity index (χ4v) is 2.72. The summed E-state index contributed by atoms with van der Waals surface area (Å²) in [6, 6.07) is 6.38. The molecule has 0 unspecified atom stereocenters. The summed E-state index contributed by atoms with van der Waals surface area (Å²) in [6.07, 6.45) is 5.41. The minimum Gasteiger partial charge on any atom is -0.465 e. The van der Waals surface area contributed by atoms with Gasteiger partial charge >= 0.3 is 12.0 Å². The highest BCUT2D eigenvalue weighted by Gasteiger charge is 2.17. The summed E-state index contributed by atoms with van der Waals surface area (Å²) in [6.45, 7) is -0.173. The van der Waals surface area contributed by atoms with Gasteiger partial charge in [-0.05, 0) is 25.0 Å². The molecule has 1 saturated carbocycles. The predicted molar refractivity (Wildman–Crippen MR) is 89.8 cm³/mol. The van der Waals surface area contributed by atoms with Crippen LogP contribution in [0.25, 0.3) is 0 Å². The van der Waals surface area contributed by atoms with Gasteiger partial charge in [-0.1, -0.05) is 31.4 Å². The highest BCUT2D eigenvalue weighted by Crippen LogP contribution is 2.17. The number of nitrogens with one attached hydrogen (secondary N) is 3. The SMILES string of the molecule is COC(=O)c1ccccc1NC(=O)CNC(=O)NC1CCCCC1. The molecule has 1 aromatic carbocycles. The van der Waals surface area contributed by atoms with E-state index in [2.05, 4.69) is 20.7 Å². The van der Waals surface area contributed by atoms with Crippen LogP contribution < -0.4 is 16.0 Å². The molecular formula is C17H23N3O4. The van der Waals surface area contributed by atoms with Crippen LogP contribution in [0.4, 0.5) is 10.5 Å². The minimum atomic E-state index is -0.533. The fourth-order valence-electron chi connectivity index (χ4n) is 2.72. The van der Waals surface area contributed by atoms with Crippen molar-refractivity contribution < 1.29 is 19.1 Å². The highest BCUT2D eigenvalue weighted by molar-refractivity contribution is 6.02. The second-order valence-electron chi connectivity index (χ2n) is 5.75. The van der Waals surface area contributed by atoms with Gasteiger partial charge in [0, 0.05) is 6.04 Å². The average molecular weight is 333 g/mol. The number of rotatable bonds is 5. The van der Waals surface area contributed by atoms with Gasteiger partial charge in [0.1, 0.15) is 0 Å². The first kappa shape index (κ1) is 17.8. The van der Waals surface area contributed by atoms with Gasteiger partial charge < -0.3 is 20.7 Å². The first-order valence-electron chi connectivity index (χ1n) is 8.11. The van der Waals surface area contributed by atoms with E-state index in [0.717, 1.165) is 25.7 Å². The Kier molecular flexibility index (Phi) is 6.60. The molecule has 7 nitrogen and oxygen atoms in total. The number of hydrogen-bond donors (Lipinski definition) is 3. The number of ether oxygens (including phenoxy) is 1. The molecule has 7 heteroatoms. The minimum absolute atomic E-state index is 0.173. The zero-order valence-corrected chi connectivity index (χ0v) is 13.8. The number of carbonyl (C=O) groups is 3. The number of urea groups is 1. The third kappa shape index (κ3) is 5.26. The molecular weight excluding hydrogens is 310 g/mol. The Labute approximate surface area is 141 Å². The van der Waals surface area contributed by atoms with Crippen LogP contribution in [0.5, 0.6) is 0 Å². The summed E-state index contributed by atoms with van der Waals surface area (Å²) in [4.78, 5) is 35.4. The zero-order valence-electron chi connectivity index (χ0n) is 13.8. The lowest BCUT2D eigenvalue weighted by molar-refractivity contribution is -0.115. The van der Waals surface area contributed by atoms with Gasteiger partial charge in [0.05, 0.1) is 24.9 Å². The molecule has 3 N–H and O–H groups in total.